The van der Waals surface area contributed by atoms with E-state index in [2.05, 4.69) is 15.0 Å². The molecule has 1 heterocycles. The number of nitrogens with one attached hydrogen (secondary N) is 1. The lowest BCUT2D eigenvalue weighted by Crippen LogP contribution is -2.30. The van der Waals surface area contributed by atoms with Gasteiger partial charge < -0.3 is 4.74 Å². The van der Waals surface area contributed by atoms with Crippen molar-refractivity contribution in [1.82, 2.24) is 9.29 Å². The molecule has 28 heavy (non-hydrogen) atoms. The largest absolute Gasteiger partial charge is 0.465 e. The van der Waals surface area contributed by atoms with Gasteiger partial charge in [-0.15, -0.1) is 0 Å². The van der Waals surface area contributed by atoms with E-state index >= 15 is 0 Å². The van der Waals surface area contributed by atoms with Gasteiger partial charge in [0.15, 0.2) is 5.13 Å². The molecule has 2 rings (SSSR count). The molecule has 1 amide bonds. The molecule has 2 aromatic rings. The Labute approximate surface area is 172 Å². The highest BCUT2D eigenvalue weighted by molar-refractivity contribution is 7.89. The number of amides is 1. The summed E-state index contributed by atoms with van der Waals surface area (Å²) in [6.07, 6.45) is 0. The van der Waals surface area contributed by atoms with E-state index in [0.29, 0.717) is 18.8 Å². The van der Waals surface area contributed by atoms with Gasteiger partial charge >= 0.3 is 5.97 Å². The molecule has 152 valence electrons. The van der Waals surface area contributed by atoms with Crippen molar-refractivity contribution in [2.75, 3.05) is 25.5 Å². The first-order chi connectivity index (χ1) is 13.1. The van der Waals surface area contributed by atoms with Crippen LogP contribution in [0.15, 0.2) is 23.1 Å². The summed E-state index contributed by atoms with van der Waals surface area (Å²) >= 11 is 7.06. The average Bonchev–Trinajstić information content (AvgIpc) is 3.02. The van der Waals surface area contributed by atoms with Crippen LogP contribution in [-0.2, 0) is 14.8 Å². The number of ether oxygens (including phenoxy) is 1. The number of benzene rings is 1. The van der Waals surface area contributed by atoms with Crippen molar-refractivity contribution in [2.45, 2.75) is 25.7 Å². The number of esters is 1. The van der Waals surface area contributed by atoms with Gasteiger partial charge in [0.2, 0.25) is 10.0 Å². The lowest BCUT2D eigenvalue weighted by atomic mass is 10.2. The number of methoxy groups -OCH3 is 1. The normalized spacial score (nSPS) is 11.5. The van der Waals surface area contributed by atoms with Gasteiger partial charge in [-0.05, 0) is 25.1 Å². The highest BCUT2D eigenvalue weighted by atomic mass is 35.5. The van der Waals surface area contributed by atoms with Crippen molar-refractivity contribution < 1.29 is 22.7 Å². The number of rotatable bonds is 7. The topological polar surface area (TPSA) is 106 Å². The molecular weight excluding hydrogens is 426 g/mol. The highest BCUT2D eigenvalue weighted by Gasteiger charge is 2.24. The van der Waals surface area contributed by atoms with Crippen LogP contribution >= 0.6 is 22.9 Å². The number of aromatic nitrogens is 1. The van der Waals surface area contributed by atoms with E-state index in [1.807, 2.05) is 0 Å². The van der Waals surface area contributed by atoms with Crippen molar-refractivity contribution in [3.63, 3.8) is 0 Å². The number of carbonyl (C=O) groups is 2. The molecule has 0 radical (unpaired) electrons. The minimum atomic E-state index is -3.74. The van der Waals surface area contributed by atoms with Crippen LogP contribution in [0.1, 0.15) is 39.6 Å². The summed E-state index contributed by atoms with van der Waals surface area (Å²) in [5.41, 5.74) is 0.401. The Morgan fingerprint density at radius 2 is 1.93 bits per heavy atom. The predicted octanol–water partition coefficient (Wildman–Crippen LogP) is 3.17. The lowest BCUT2D eigenvalue weighted by Gasteiger charge is -2.19. The maximum Gasteiger partial charge on any atom is 0.350 e. The molecule has 0 spiro atoms. The summed E-state index contributed by atoms with van der Waals surface area (Å²) in [6.45, 7) is 5.68. The van der Waals surface area contributed by atoms with Crippen LogP contribution in [0.3, 0.4) is 0 Å². The molecule has 0 fully saturated rings. The van der Waals surface area contributed by atoms with Crippen molar-refractivity contribution in [2.24, 2.45) is 0 Å². The van der Waals surface area contributed by atoms with Crippen molar-refractivity contribution in [3.8, 4) is 0 Å². The zero-order valence-electron chi connectivity index (χ0n) is 15.8. The van der Waals surface area contributed by atoms with Crippen LogP contribution in [0.4, 0.5) is 5.13 Å². The summed E-state index contributed by atoms with van der Waals surface area (Å²) in [5, 5.41) is 2.81. The minimum Gasteiger partial charge on any atom is -0.465 e. The highest BCUT2D eigenvalue weighted by Crippen LogP contribution is 2.27. The van der Waals surface area contributed by atoms with Crippen LogP contribution in [0, 0.1) is 6.92 Å². The second-order valence-corrected chi connectivity index (χ2v) is 8.95. The van der Waals surface area contributed by atoms with Gasteiger partial charge in [0.25, 0.3) is 5.91 Å². The van der Waals surface area contributed by atoms with Gasteiger partial charge in [0.05, 0.1) is 28.3 Å². The SMILES string of the molecule is CCN(CC)S(=O)(=O)c1ccc(Cl)c(C(=O)Nc2nc(C)c(C(=O)OC)s2)c1. The monoisotopic (exact) mass is 445 g/mol. The van der Waals surface area contributed by atoms with Gasteiger partial charge in [0.1, 0.15) is 4.88 Å². The molecule has 0 aliphatic carbocycles. The summed E-state index contributed by atoms with van der Waals surface area (Å²) in [6, 6.07) is 3.95. The Kier molecular flexibility index (Phi) is 7.16. The summed E-state index contributed by atoms with van der Waals surface area (Å²) < 4.78 is 31.3. The van der Waals surface area contributed by atoms with E-state index in [1.165, 1.54) is 29.6 Å². The second-order valence-electron chi connectivity index (χ2n) is 5.61. The van der Waals surface area contributed by atoms with E-state index < -0.39 is 21.9 Å². The number of carbonyl (C=O) groups excluding carboxylic acids is 2. The molecule has 0 unspecified atom stereocenters. The Morgan fingerprint density at radius 1 is 1.29 bits per heavy atom. The van der Waals surface area contributed by atoms with Gasteiger partial charge in [-0.1, -0.05) is 36.8 Å². The fraction of sp³-hybridized carbons (Fsp3) is 0.353. The van der Waals surface area contributed by atoms with Crippen LogP contribution in [0.25, 0.3) is 0 Å². The molecule has 0 saturated carbocycles. The first-order valence-electron chi connectivity index (χ1n) is 8.32. The number of thiazole rings is 1. The van der Waals surface area contributed by atoms with E-state index in [1.54, 1.807) is 20.8 Å². The number of anilines is 1. The number of sulfonamides is 1. The lowest BCUT2D eigenvalue weighted by molar-refractivity contribution is 0.0605. The van der Waals surface area contributed by atoms with Gasteiger partial charge in [0, 0.05) is 13.1 Å². The molecule has 8 nitrogen and oxygen atoms in total. The van der Waals surface area contributed by atoms with Crippen LogP contribution in [0.2, 0.25) is 5.02 Å². The van der Waals surface area contributed by atoms with E-state index in [-0.39, 0.29) is 25.5 Å². The summed E-state index contributed by atoms with van der Waals surface area (Å²) in [5.74, 6) is -1.19. The maximum atomic E-state index is 12.7. The van der Waals surface area contributed by atoms with Crippen LogP contribution in [0.5, 0.6) is 0 Å². The fourth-order valence-electron chi connectivity index (χ4n) is 2.45. The quantitative estimate of drug-likeness (QED) is 0.656. The minimum absolute atomic E-state index is 0.0117. The number of hydrogen-bond donors (Lipinski definition) is 1. The number of aryl methyl sites for hydroxylation is 1. The van der Waals surface area contributed by atoms with Crippen LogP contribution < -0.4 is 5.32 Å². The Morgan fingerprint density at radius 3 is 2.50 bits per heavy atom. The molecule has 0 atom stereocenters. The average molecular weight is 446 g/mol. The predicted molar refractivity (Wildman–Crippen MR) is 108 cm³/mol. The van der Waals surface area contributed by atoms with Gasteiger partial charge in [-0.3, -0.25) is 10.1 Å². The number of hydrogen-bond acceptors (Lipinski definition) is 7. The molecule has 0 bridgehead atoms. The van der Waals surface area contributed by atoms with Gasteiger partial charge in [-0.2, -0.15) is 4.31 Å². The zero-order valence-corrected chi connectivity index (χ0v) is 18.2. The zero-order chi connectivity index (χ0) is 21.1. The van der Waals surface area contributed by atoms with E-state index in [4.69, 9.17) is 11.6 Å². The molecular formula is C17H20ClN3O5S2. The van der Waals surface area contributed by atoms with E-state index in [9.17, 15) is 18.0 Å². The van der Waals surface area contributed by atoms with Crippen molar-refractivity contribution in [3.05, 3.63) is 39.4 Å². The maximum absolute atomic E-state index is 12.7. The van der Waals surface area contributed by atoms with Crippen molar-refractivity contribution >= 4 is 50.0 Å². The smallest absolute Gasteiger partial charge is 0.350 e. The molecule has 1 aromatic heterocycles. The first kappa shape index (κ1) is 22.3. The number of nitrogens with zero attached hydrogens (tertiary/aromatic N) is 2. The third-order valence-electron chi connectivity index (χ3n) is 3.91. The third kappa shape index (κ3) is 4.52. The standard InChI is InChI=1S/C17H20ClN3O5S2/c1-5-21(6-2)28(24,25)11-7-8-13(18)12(9-11)15(22)20-17-19-10(3)14(27-17)16(23)26-4/h7-9H,5-6H2,1-4H3,(H,19,20,22). The Hall–Kier alpha value is -2.01. The molecule has 11 heteroatoms. The van der Waals surface area contributed by atoms with Gasteiger partial charge in [-0.25, -0.2) is 18.2 Å². The third-order valence-corrected chi connectivity index (χ3v) is 7.34. The number of halogens is 1. The Bertz CT molecular complexity index is 1000. The first-order valence-corrected chi connectivity index (χ1v) is 11.0. The molecule has 1 N–H and O–H groups in total. The summed E-state index contributed by atoms with van der Waals surface area (Å²) in [4.78, 5) is 28.7. The Balaban J connectivity index is 2.35. The second kappa shape index (κ2) is 8.99. The fourth-order valence-corrected chi connectivity index (χ4v) is 5.02. The van der Waals surface area contributed by atoms with Crippen LogP contribution in [-0.4, -0.2) is 49.8 Å². The molecule has 1 aromatic carbocycles. The molecule has 0 aliphatic rings. The molecule has 0 saturated heterocycles. The summed E-state index contributed by atoms with van der Waals surface area (Å²) in [7, 11) is -2.49. The molecule has 0 aliphatic heterocycles. The van der Waals surface area contributed by atoms with Crippen molar-refractivity contribution in [1.29, 1.82) is 0 Å². The van der Waals surface area contributed by atoms with E-state index in [0.717, 1.165) is 11.3 Å².